The molecule has 1 saturated carbocycles. The second kappa shape index (κ2) is 6.24. The lowest BCUT2D eigenvalue weighted by molar-refractivity contribution is 0.137. The summed E-state index contributed by atoms with van der Waals surface area (Å²) >= 11 is 0. The van der Waals surface area contributed by atoms with Crippen molar-refractivity contribution in [1.82, 2.24) is 15.1 Å². The van der Waals surface area contributed by atoms with Crippen LogP contribution in [0.5, 0.6) is 0 Å². The third kappa shape index (κ3) is 3.60. The van der Waals surface area contributed by atoms with Crippen LogP contribution in [0.25, 0.3) is 0 Å². The SMILES string of the molecule is CCCN1CCN(C(=O)NC2CCCC2)CC1. The first-order chi connectivity index (χ1) is 8.29. The van der Waals surface area contributed by atoms with E-state index >= 15 is 0 Å². The Morgan fingerprint density at radius 1 is 1.18 bits per heavy atom. The number of carbonyl (C=O) groups is 1. The highest BCUT2D eigenvalue weighted by Crippen LogP contribution is 2.18. The Labute approximate surface area is 104 Å². The standard InChI is InChI=1S/C13H25N3O/c1-2-7-15-8-10-16(11-9-15)13(17)14-12-5-3-4-6-12/h12H,2-11H2,1H3,(H,14,17). The van der Waals surface area contributed by atoms with E-state index in [4.69, 9.17) is 0 Å². The summed E-state index contributed by atoms with van der Waals surface area (Å²) in [5.74, 6) is 0. The molecule has 2 amide bonds. The van der Waals surface area contributed by atoms with Crippen LogP contribution in [0.15, 0.2) is 0 Å². The zero-order valence-corrected chi connectivity index (χ0v) is 11.0. The quantitative estimate of drug-likeness (QED) is 0.813. The molecule has 4 nitrogen and oxygen atoms in total. The van der Waals surface area contributed by atoms with Crippen LogP contribution < -0.4 is 5.32 Å². The van der Waals surface area contributed by atoms with Crippen LogP contribution in [0.1, 0.15) is 39.0 Å². The van der Waals surface area contributed by atoms with Crippen molar-refractivity contribution in [1.29, 1.82) is 0 Å². The summed E-state index contributed by atoms with van der Waals surface area (Å²) in [7, 11) is 0. The molecule has 0 unspecified atom stereocenters. The molecule has 1 heterocycles. The Balaban J connectivity index is 1.70. The van der Waals surface area contributed by atoms with Gasteiger partial charge in [-0.2, -0.15) is 0 Å². The number of hydrogen-bond donors (Lipinski definition) is 1. The van der Waals surface area contributed by atoms with Crippen molar-refractivity contribution in [3.63, 3.8) is 0 Å². The van der Waals surface area contributed by atoms with E-state index in [0.717, 1.165) is 32.7 Å². The average Bonchev–Trinajstić information content (AvgIpc) is 2.83. The van der Waals surface area contributed by atoms with E-state index in [9.17, 15) is 4.79 Å². The molecule has 1 aliphatic heterocycles. The Hall–Kier alpha value is -0.770. The summed E-state index contributed by atoms with van der Waals surface area (Å²) in [5.41, 5.74) is 0. The maximum absolute atomic E-state index is 12.0. The van der Waals surface area contributed by atoms with Gasteiger partial charge in [-0.15, -0.1) is 0 Å². The van der Waals surface area contributed by atoms with E-state index in [0.29, 0.717) is 6.04 Å². The van der Waals surface area contributed by atoms with Gasteiger partial charge in [-0.1, -0.05) is 19.8 Å². The molecule has 2 fully saturated rings. The van der Waals surface area contributed by atoms with Crippen molar-refractivity contribution in [3.05, 3.63) is 0 Å². The second-order valence-corrected chi connectivity index (χ2v) is 5.26. The van der Waals surface area contributed by atoms with Crippen molar-refractivity contribution in [2.75, 3.05) is 32.7 Å². The lowest BCUT2D eigenvalue weighted by Gasteiger charge is -2.35. The van der Waals surface area contributed by atoms with Crippen molar-refractivity contribution in [2.45, 2.75) is 45.1 Å². The first-order valence-corrected chi connectivity index (χ1v) is 7.07. The summed E-state index contributed by atoms with van der Waals surface area (Å²) < 4.78 is 0. The molecule has 2 aliphatic rings. The van der Waals surface area contributed by atoms with E-state index in [2.05, 4.69) is 17.1 Å². The van der Waals surface area contributed by atoms with Gasteiger partial charge in [-0.05, 0) is 25.8 Å². The number of nitrogens with one attached hydrogen (secondary N) is 1. The van der Waals surface area contributed by atoms with Gasteiger partial charge in [-0.3, -0.25) is 4.90 Å². The third-order valence-corrected chi connectivity index (χ3v) is 3.88. The topological polar surface area (TPSA) is 35.6 Å². The minimum Gasteiger partial charge on any atom is -0.335 e. The van der Waals surface area contributed by atoms with Gasteiger partial charge in [0.2, 0.25) is 0 Å². The van der Waals surface area contributed by atoms with Gasteiger partial charge in [0, 0.05) is 32.2 Å². The number of nitrogens with zero attached hydrogens (tertiary/aromatic N) is 2. The van der Waals surface area contributed by atoms with E-state index in [-0.39, 0.29) is 6.03 Å². The molecule has 98 valence electrons. The molecule has 1 saturated heterocycles. The Bertz CT molecular complexity index is 243. The molecule has 0 aromatic carbocycles. The summed E-state index contributed by atoms with van der Waals surface area (Å²) in [6.45, 7) is 7.21. The minimum absolute atomic E-state index is 0.160. The Morgan fingerprint density at radius 2 is 1.82 bits per heavy atom. The van der Waals surface area contributed by atoms with E-state index in [1.807, 2.05) is 4.90 Å². The number of urea groups is 1. The van der Waals surface area contributed by atoms with Crippen LogP contribution in [-0.4, -0.2) is 54.6 Å². The molecule has 0 radical (unpaired) electrons. The summed E-state index contributed by atoms with van der Waals surface area (Å²) in [5, 5.41) is 3.16. The van der Waals surface area contributed by atoms with Crippen LogP contribution in [0.3, 0.4) is 0 Å². The smallest absolute Gasteiger partial charge is 0.317 e. The van der Waals surface area contributed by atoms with Crippen molar-refractivity contribution in [3.8, 4) is 0 Å². The zero-order chi connectivity index (χ0) is 12.1. The van der Waals surface area contributed by atoms with Crippen molar-refractivity contribution in [2.24, 2.45) is 0 Å². The monoisotopic (exact) mass is 239 g/mol. The maximum atomic E-state index is 12.0. The normalized spacial score (nSPS) is 23.0. The molecule has 0 bridgehead atoms. The van der Waals surface area contributed by atoms with Gasteiger partial charge in [-0.25, -0.2) is 4.79 Å². The number of amides is 2. The largest absolute Gasteiger partial charge is 0.335 e. The van der Waals surface area contributed by atoms with Crippen LogP contribution in [0.2, 0.25) is 0 Å². The average molecular weight is 239 g/mol. The van der Waals surface area contributed by atoms with Gasteiger partial charge >= 0.3 is 6.03 Å². The highest BCUT2D eigenvalue weighted by Gasteiger charge is 2.23. The first kappa shape index (κ1) is 12.7. The number of rotatable bonds is 3. The van der Waals surface area contributed by atoms with Gasteiger partial charge in [0.15, 0.2) is 0 Å². The fraction of sp³-hybridized carbons (Fsp3) is 0.923. The molecule has 0 spiro atoms. The Morgan fingerprint density at radius 3 is 2.41 bits per heavy atom. The van der Waals surface area contributed by atoms with Crippen molar-refractivity contribution < 1.29 is 4.79 Å². The molecule has 17 heavy (non-hydrogen) atoms. The molecule has 2 rings (SSSR count). The lowest BCUT2D eigenvalue weighted by Crippen LogP contribution is -2.53. The number of hydrogen-bond acceptors (Lipinski definition) is 2. The second-order valence-electron chi connectivity index (χ2n) is 5.26. The highest BCUT2D eigenvalue weighted by molar-refractivity contribution is 5.74. The molecular formula is C13H25N3O. The number of carbonyl (C=O) groups excluding carboxylic acids is 1. The highest BCUT2D eigenvalue weighted by atomic mass is 16.2. The van der Waals surface area contributed by atoms with Crippen LogP contribution >= 0.6 is 0 Å². The predicted octanol–water partition coefficient (Wildman–Crippen LogP) is 1.67. The molecule has 1 aliphatic carbocycles. The third-order valence-electron chi connectivity index (χ3n) is 3.88. The molecule has 0 atom stereocenters. The maximum Gasteiger partial charge on any atom is 0.317 e. The van der Waals surface area contributed by atoms with Gasteiger partial charge in [0.1, 0.15) is 0 Å². The van der Waals surface area contributed by atoms with Gasteiger partial charge < -0.3 is 10.2 Å². The summed E-state index contributed by atoms with van der Waals surface area (Å²) in [6, 6.07) is 0.601. The zero-order valence-electron chi connectivity index (χ0n) is 11.0. The number of piperazine rings is 1. The summed E-state index contributed by atoms with van der Waals surface area (Å²) in [6.07, 6.45) is 6.09. The van der Waals surface area contributed by atoms with Gasteiger partial charge in [0.25, 0.3) is 0 Å². The first-order valence-electron chi connectivity index (χ1n) is 7.07. The fourth-order valence-corrected chi connectivity index (χ4v) is 2.83. The predicted molar refractivity (Wildman–Crippen MR) is 69.1 cm³/mol. The fourth-order valence-electron chi connectivity index (χ4n) is 2.83. The van der Waals surface area contributed by atoms with Crippen LogP contribution in [0, 0.1) is 0 Å². The van der Waals surface area contributed by atoms with Crippen LogP contribution in [-0.2, 0) is 0 Å². The van der Waals surface area contributed by atoms with E-state index < -0.39 is 0 Å². The van der Waals surface area contributed by atoms with Gasteiger partial charge in [0.05, 0.1) is 0 Å². The molecular weight excluding hydrogens is 214 g/mol. The van der Waals surface area contributed by atoms with E-state index in [1.54, 1.807) is 0 Å². The van der Waals surface area contributed by atoms with E-state index in [1.165, 1.54) is 32.1 Å². The van der Waals surface area contributed by atoms with Crippen molar-refractivity contribution >= 4 is 6.03 Å². The molecule has 1 N–H and O–H groups in total. The Kier molecular flexibility index (Phi) is 4.66. The van der Waals surface area contributed by atoms with Crippen LogP contribution in [0.4, 0.5) is 4.79 Å². The minimum atomic E-state index is 0.160. The molecule has 4 heteroatoms. The lowest BCUT2D eigenvalue weighted by atomic mass is 10.2. The summed E-state index contributed by atoms with van der Waals surface area (Å²) in [4.78, 5) is 16.4. The molecule has 0 aromatic heterocycles. The molecule has 0 aromatic rings.